The Morgan fingerprint density at radius 3 is 2.32 bits per heavy atom. The highest BCUT2D eigenvalue weighted by molar-refractivity contribution is 5.65. The molecule has 0 aliphatic carbocycles. The number of aryl methyl sites for hydroxylation is 2. The molecule has 116 valence electrons. The molecule has 0 fully saturated rings. The summed E-state index contributed by atoms with van der Waals surface area (Å²) in [6, 6.07) is 6.35. The first-order valence-electron chi connectivity index (χ1n) is 7.38. The fourth-order valence-electron chi connectivity index (χ4n) is 2.18. The van der Waals surface area contributed by atoms with Crippen molar-refractivity contribution in [1.29, 1.82) is 0 Å². The molecule has 0 aliphatic heterocycles. The number of rotatable bonds is 5. The Kier molecular flexibility index (Phi) is 6.30. The van der Waals surface area contributed by atoms with E-state index in [1.165, 1.54) is 28.8 Å². The van der Waals surface area contributed by atoms with Gasteiger partial charge in [0, 0.05) is 0 Å². The third-order valence-electron chi connectivity index (χ3n) is 3.62. The van der Waals surface area contributed by atoms with Crippen molar-refractivity contribution in [2.24, 2.45) is 0 Å². The third-order valence-corrected chi connectivity index (χ3v) is 3.62. The Bertz CT molecular complexity index is 678. The summed E-state index contributed by atoms with van der Waals surface area (Å²) in [5, 5.41) is 0. The van der Waals surface area contributed by atoms with Gasteiger partial charge < -0.3 is 0 Å². The van der Waals surface area contributed by atoms with E-state index in [1.807, 2.05) is 20.8 Å². The topological polar surface area (TPSA) is 0 Å². The number of hydrogen-bond acceptors (Lipinski definition) is 0. The van der Waals surface area contributed by atoms with Crippen molar-refractivity contribution in [3.05, 3.63) is 88.3 Å². The maximum atomic E-state index is 13.6. The summed E-state index contributed by atoms with van der Waals surface area (Å²) in [5.41, 5.74) is 7.29. The minimum atomic E-state index is -0.350. The summed E-state index contributed by atoms with van der Waals surface area (Å²) in [6.45, 7) is 17.7. The predicted octanol–water partition coefficient (Wildman–Crippen LogP) is 6.64. The molecule has 0 aromatic heterocycles. The highest BCUT2D eigenvalue weighted by atomic mass is 19.1. The van der Waals surface area contributed by atoms with Gasteiger partial charge in [0.2, 0.25) is 0 Å². The lowest BCUT2D eigenvalue weighted by Gasteiger charge is -2.12. The van der Waals surface area contributed by atoms with E-state index >= 15 is 0 Å². The van der Waals surface area contributed by atoms with Crippen LogP contribution in [0, 0.1) is 13.8 Å². The van der Waals surface area contributed by atoms with E-state index in [9.17, 15) is 4.39 Å². The molecule has 0 aliphatic rings. The summed E-state index contributed by atoms with van der Waals surface area (Å²) in [6.07, 6.45) is 4.80. The molecule has 0 saturated heterocycles. The average Bonchev–Trinajstić information content (AvgIpc) is 2.47. The third kappa shape index (κ3) is 4.70. The van der Waals surface area contributed by atoms with E-state index in [2.05, 4.69) is 51.3 Å². The van der Waals surface area contributed by atoms with Crippen molar-refractivity contribution in [3.8, 4) is 0 Å². The summed E-state index contributed by atoms with van der Waals surface area (Å²) in [5.74, 6) is -0.350. The molecule has 22 heavy (non-hydrogen) atoms. The van der Waals surface area contributed by atoms with E-state index in [-0.39, 0.29) is 5.83 Å². The molecule has 1 aromatic carbocycles. The number of benzene rings is 1. The van der Waals surface area contributed by atoms with Crippen LogP contribution in [-0.2, 0) is 0 Å². The van der Waals surface area contributed by atoms with Crippen molar-refractivity contribution in [2.45, 2.75) is 34.6 Å². The van der Waals surface area contributed by atoms with Crippen LogP contribution in [-0.4, -0.2) is 0 Å². The van der Waals surface area contributed by atoms with Crippen LogP contribution in [0.1, 0.15) is 37.5 Å². The second-order valence-corrected chi connectivity index (χ2v) is 5.81. The Hall–Kier alpha value is -2.15. The standard InChI is InChI=1S/C21H25F/c1-8-20(22)13-21(14(2)3)18(7)17(6)12-19-11-15(4)9-10-16(19)5/h8-13H,1,7H2,2-6H3/b17-12+,20-13+. The monoisotopic (exact) mass is 296 g/mol. The maximum Gasteiger partial charge on any atom is 0.123 e. The van der Waals surface area contributed by atoms with E-state index < -0.39 is 0 Å². The van der Waals surface area contributed by atoms with Crippen molar-refractivity contribution in [3.63, 3.8) is 0 Å². The summed E-state index contributed by atoms with van der Waals surface area (Å²) in [4.78, 5) is 0. The van der Waals surface area contributed by atoms with Crippen LogP contribution in [0.3, 0.4) is 0 Å². The van der Waals surface area contributed by atoms with Gasteiger partial charge in [-0.2, -0.15) is 0 Å². The fourth-order valence-corrected chi connectivity index (χ4v) is 2.18. The predicted molar refractivity (Wildman–Crippen MR) is 96.5 cm³/mol. The average molecular weight is 296 g/mol. The molecular formula is C21H25F. The summed E-state index contributed by atoms with van der Waals surface area (Å²) < 4.78 is 13.6. The van der Waals surface area contributed by atoms with Crippen LogP contribution in [0.5, 0.6) is 0 Å². The van der Waals surface area contributed by atoms with Gasteiger partial charge in [-0.25, -0.2) is 4.39 Å². The first-order chi connectivity index (χ1) is 10.3. The molecule has 1 aromatic rings. The highest BCUT2D eigenvalue weighted by Gasteiger charge is 2.07. The molecule has 0 bridgehead atoms. The van der Waals surface area contributed by atoms with Gasteiger partial charge in [-0.3, -0.25) is 0 Å². The van der Waals surface area contributed by atoms with Crippen LogP contribution in [0.15, 0.2) is 71.6 Å². The van der Waals surface area contributed by atoms with Crippen LogP contribution in [0.2, 0.25) is 0 Å². The van der Waals surface area contributed by atoms with Gasteiger partial charge >= 0.3 is 0 Å². The SMILES string of the molecule is C=C/C(F)=C\C(C(=C)/C(C)=C/c1cc(C)ccc1C)=C(C)C. The molecule has 0 nitrogen and oxygen atoms in total. The zero-order chi connectivity index (χ0) is 16.9. The Balaban J connectivity index is 3.25. The van der Waals surface area contributed by atoms with Crippen LogP contribution < -0.4 is 0 Å². The van der Waals surface area contributed by atoms with E-state index in [0.717, 1.165) is 22.3 Å². The van der Waals surface area contributed by atoms with Gasteiger partial charge in [-0.1, -0.05) is 48.6 Å². The summed E-state index contributed by atoms with van der Waals surface area (Å²) >= 11 is 0. The molecule has 1 heteroatoms. The van der Waals surface area contributed by atoms with Crippen LogP contribution >= 0.6 is 0 Å². The maximum absolute atomic E-state index is 13.6. The van der Waals surface area contributed by atoms with Gasteiger partial charge in [0.15, 0.2) is 0 Å². The van der Waals surface area contributed by atoms with Crippen molar-refractivity contribution < 1.29 is 4.39 Å². The van der Waals surface area contributed by atoms with Gasteiger partial charge in [0.05, 0.1) is 0 Å². The quantitative estimate of drug-likeness (QED) is 0.534. The lowest BCUT2D eigenvalue weighted by atomic mass is 9.94. The smallest absolute Gasteiger partial charge is 0.123 e. The zero-order valence-corrected chi connectivity index (χ0v) is 14.3. The molecule has 0 N–H and O–H groups in total. The van der Waals surface area contributed by atoms with Gasteiger partial charge in [0.1, 0.15) is 5.83 Å². The van der Waals surface area contributed by atoms with Gasteiger partial charge in [0.25, 0.3) is 0 Å². The lowest BCUT2D eigenvalue weighted by molar-refractivity contribution is 0.666. The minimum absolute atomic E-state index is 0.350. The summed E-state index contributed by atoms with van der Waals surface area (Å²) in [7, 11) is 0. The second-order valence-electron chi connectivity index (χ2n) is 5.81. The Morgan fingerprint density at radius 1 is 1.14 bits per heavy atom. The lowest BCUT2D eigenvalue weighted by Crippen LogP contribution is -1.92. The van der Waals surface area contributed by atoms with Crippen molar-refractivity contribution in [1.82, 2.24) is 0 Å². The molecule has 0 heterocycles. The van der Waals surface area contributed by atoms with Crippen molar-refractivity contribution >= 4 is 6.08 Å². The molecular weight excluding hydrogens is 271 g/mol. The molecule has 0 radical (unpaired) electrons. The van der Waals surface area contributed by atoms with E-state index in [1.54, 1.807) is 0 Å². The fraction of sp³-hybridized carbons (Fsp3) is 0.238. The number of allylic oxidation sites excluding steroid dienone is 7. The first-order valence-corrected chi connectivity index (χ1v) is 7.38. The number of hydrogen-bond donors (Lipinski definition) is 0. The molecule has 0 spiro atoms. The molecule has 1 rings (SSSR count). The molecule has 0 unspecified atom stereocenters. The van der Waals surface area contributed by atoms with Gasteiger partial charge in [-0.05, 0) is 74.6 Å². The zero-order valence-electron chi connectivity index (χ0n) is 14.3. The molecule has 0 saturated carbocycles. The molecule has 0 amide bonds. The van der Waals surface area contributed by atoms with Gasteiger partial charge in [-0.15, -0.1) is 0 Å². The van der Waals surface area contributed by atoms with Crippen molar-refractivity contribution in [2.75, 3.05) is 0 Å². The van der Waals surface area contributed by atoms with Crippen LogP contribution in [0.4, 0.5) is 4.39 Å². The highest BCUT2D eigenvalue weighted by Crippen LogP contribution is 2.26. The molecule has 0 atom stereocenters. The Labute approximate surface area is 134 Å². The normalized spacial score (nSPS) is 12.1. The largest absolute Gasteiger partial charge is 0.207 e. The second kappa shape index (κ2) is 7.74. The van der Waals surface area contributed by atoms with E-state index in [0.29, 0.717) is 0 Å². The minimum Gasteiger partial charge on any atom is -0.207 e. The van der Waals surface area contributed by atoms with Crippen LogP contribution in [0.25, 0.3) is 6.08 Å². The first kappa shape index (κ1) is 17.9. The Morgan fingerprint density at radius 2 is 1.77 bits per heavy atom. The van der Waals surface area contributed by atoms with E-state index in [4.69, 9.17) is 0 Å². The number of halogens is 1.